The molecule has 1 fully saturated rings. The van der Waals surface area contributed by atoms with Gasteiger partial charge in [0.2, 0.25) is 5.91 Å². The van der Waals surface area contributed by atoms with E-state index in [0.29, 0.717) is 36.3 Å². The highest BCUT2D eigenvalue weighted by atomic mass is 19.4. The fourth-order valence-corrected chi connectivity index (χ4v) is 5.44. The second kappa shape index (κ2) is 10.2. The number of hydrogen-bond donors (Lipinski definition) is 0. The van der Waals surface area contributed by atoms with Crippen molar-refractivity contribution in [3.8, 4) is 6.07 Å². The number of carbonyl (C=O) groups excluding carboxylic acids is 3. The Kier molecular flexibility index (Phi) is 6.91. The van der Waals surface area contributed by atoms with Gasteiger partial charge in [0.15, 0.2) is 5.78 Å². The van der Waals surface area contributed by atoms with E-state index in [1.54, 1.807) is 36.3 Å². The maximum absolute atomic E-state index is 14.1. The summed E-state index contributed by atoms with van der Waals surface area (Å²) in [5.74, 6) is -0.609. The molecule has 0 N–H and O–H groups in total. The lowest BCUT2D eigenvalue weighted by molar-refractivity contribution is -0.137. The second-order valence-electron chi connectivity index (χ2n) is 9.70. The molecule has 3 amide bonds. The highest BCUT2D eigenvalue weighted by molar-refractivity contribution is 6.08. The first-order chi connectivity index (χ1) is 18.6. The Morgan fingerprint density at radius 1 is 1.13 bits per heavy atom. The van der Waals surface area contributed by atoms with Crippen LogP contribution in [0.15, 0.2) is 59.8 Å². The van der Waals surface area contributed by atoms with Crippen molar-refractivity contribution >= 4 is 23.4 Å². The molecule has 0 saturated carbocycles. The van der Waals surface area contributed by atoms with Crippen LogP contribution in [-0.4, -0.2) is 60.4 Å². The molecule has 0 bridgehead atoms. The molecule has 5 rings (SSSR count). The molecule has 2 unspecified atom stereocenters. The van der Waals surface area contributed by atoms with Gasteiger partial charge >= 0.3 is 12.2 Å². The Morgan fingerprint density at radius 3 is 2.51 bits per heavy atom. The van der Waals surface area contributed by atoms with E-state index in [9.17, 15) is 32.8 Å². The number of amides is 3. The monoisotopic (exact) mass is 538 g/mol. The molecule has 202 valence electrons. The number of Topliss-reactive ketones (excluding diaryl/α,β-unsaturated/α-hetero) is 1. The number of likely N-dealkylation sites (tertiary alicyclic amines) is 1. The van der Waals surface area contributed by atoms with Gasteiger partial charge in [-0.25, -0.2) is 4.79 Å². The number of rotatable bonds is 5. The predicted molar refractivity (Wildman–Crippen MR) is 133 cm³/mol. The zero-order valence-corrected chi connectivity index (χ0v) is 21.1. The number of anilines is 1. The van der Waals surface area contributed by atoms with E-state index in [0.717, 1.165) is 17.0 Å². The second-order valence-corrected chi connectivity index (χ2v) is 9.70. The van der Waals surface area contributed by atoms with Gasteiger partial charge in [0, 0.05) is 37.9 Å². The van der Waals surface area contributed by atoms with Crippen molar-refractivity contribution in [3.05, 3.63) is 76.5 Å². The van der Waals surface area contributed by atoms with E-state index >= 15 is 0 Å². The van der Waals surface area contributed by atoms with Crippen LogP contribution in [0.5, 0.6) is 0 Å². The number of halogens is 3. The zero-order valence-electron chi connectivity index (χ0n) is 21.1. The number of hydrogen-bond acceptors (Lipinski definition) is 5. The van der Waals surface area contributed by atoms with E-state index in [4.69, 9.17) is 4.74 Å². The van der Waals surface area contributed by atoms with Crippen molar-refractivity contribution < 1.29 is 32.3 Å². The van der Waals surface area contributed by atoms with Crippen molar-refractivity contribution in [2.24, 2.45) is 0 Å². The third-order valence-corrected chi connectivity index (χ3v) is 7.42. The quantitative estimate of drug-likeness (QED) is 0.562. The van der Waals surface area contributed by atoms with Crippen molar-refractivity contribution in [1.82, 2.24) is 9.80 Å². The summed E-state index contributed by atoms with van der Waals surface area (Å²) >= 11 is 0. The highest BCUT2D eigenvalue weighted by Gasteiger charge is 2.47. The molecule has 39 heavy (non-hydrogen) atoms. The number of nitrogens with zero attached hydrogens (tertiary/aromatic N) is 4. The van der Waals surface area contributed by atoms with Crippen molar-refractivity contribution in [2.45, 2.75) is 37.6 Å². The summed E-state index contributed by atoms with van der Waals surface area (Å²) in [6.07, 6.45) is -3.87. The number of allylic oxidation sites excluding steroid dienone is 1. The molecule has 2 aromatic rings. The standard InChI is InChI=1S/C28H25F3N4O4/c1-39-21-11-12-33(15-21)24(37)16-34-26(18-7-5-17(14-32)6-8-18)25-22(9-10-23(25)36)35(27(34)38)20-4-2-3-19(13-20)28(29,30)31/h2-8,13,21,26H,9-12,15-16H2,1H3. The molecule has 2 aromatic carbocycles. The van der Waals surface area contributed by atoms with Crippen LogP contribution in [0, 0.1) is 11.3 Å². The average Bonchev–Trinajstić information content (AvgIpc) is 3.56. The van der Waals surface area contributed by atoms with Gasteiger partial charge in [-0.2, -0.15) is 18.4 Å². The van der Waals surface area contributed by atoms with Crippen LogP contribution >= 0.6 is 0 Å². The molecule has 2 aliphatic heterocycles. The van der Waals surface area contributed by atoms with E-state index < -0.39 is 23.8 Å². The molecular formula is C28H25F3N4O4. The predicted octanol–water partition coefficient (Wildman–Crippen LogP) is 4.42. The van der Waals surface area contributed by atoms with Gasteiger partial charge in [-0.15, -0.1) is 0 Å². The molecule has 2 atom stereocenters. The van der Waals surface area contributed by atoms with Crippen LogP contribution in [0.2, 0.25) is 0 Å². The Morgan fingerprint density at radius 2 is 1.87 bits per heavy atom. The molecule has 3 aliphatic rings. The molecule has 11 heteroatoms. The Hall–Kier alpha value is -4.17. The lowest BCUT2D eigenvalue weighted by Gasteiger charge is -2.42. The van der Waals surface area contributed by atoms with Gasteiger partial charge in [0.1, 0.15) is 6.54 Å². The Balaban J connectivity index is 1.61. The fraction of sp³-hybridized carbons (Fsp3) is 0.357. The van der Waals surface area contributed by atoms with E-state index in [-0.39, 0.29) is 48.4 Å². The van der Waals surface area contributed by atoms with Crippen LogP contribution in [0.3, 0.4) is 0 Å². The molecule has 2 heterocycles. The largest absolute Gasteiger partial charge is 0.416 e. The minimum absolute atomic E-state index is 0.0339. The van der Waals surface area contributed by atoms with Gasteiger partial charge in [-0.05, 0) is 48.7 Å². The molecule has 1 saturated heterocycles. The molecule has 0 aromatic heterocycles. The first-order valence-corrected chi connectivity index (χ1v) is 12.5. The maximum Gasteiger partial charge on any atom is 0.416 e. The molecule has 0 radical (unpaired) electrons. The minimum atomic E-state index is -4.63. The lowest BCUT2D eigenvalue weighted by Crippen LogP contribution is -2.53. The number of methoxy groups -OCH3 is 1. The van der Waals surface area contributed by atoms with Crippen LogP contribution in [0.1, 0.15) is 42.0 Å². The van der Waals surface area contributed by atoms with Crippen LogP contribution < -0.4 is 4.90 Å². The lowest BCUT2D eigenvalue weighted by atomic mass is 9.92. The summed E-state index contributed by atoms with van der Waals surface area (Å²) in [6, 6.07) is 11.1. The molecule has 0 spiro atoms. The first-order valence-electron chi connectivity index (χ1n) is 12.5. The van der Waals surface area contributed by atoms with Gasteiger partial charge in [-0.3, -0.25) is 14.5 Å². The minimum Gasteiger partial charge on any atom is -0.380 e. The number of benzene rings is 2. The fourth-order valence-electron chi connectivity index (χ4n) is 5.44. The van der Waals surface area contributed by atoms with Crippen LogP contribution in [0.4, 0.5) is 23.7 Å². The smallest absolute Gasteiger partial charge is 0.380 e. The average molecular weight is 539 g/mol. The van der Waals surface area contributed by atoms with Crippen molar-refractivity contribution in [1.29, 1.82) is 5.26 Å². The van der Waals surface area contributed by atoms with Gasteiger partial charge in [-0.1, -0.05) is 18.2 Å². The summed E-state index contributed by atoms with van der Waals surface area (Å²) in [5, 5.41) is 9.22. The Labute approximate surface area is 222 Å². The normalized spacial score (nSPS) is 21.5. The van der Waals surface area contributed by atoms with Crippen molar-refractivity contribution in [2.75, 3.05) is 31.6 Å². The summed E-state index contributed by atoms with van der Waals surface area (Å²) in [7, 11) is 1.56. The van der Waals surface area contributed by atoms with Crippen molar-refractivity contribution in [3.63, 3.8) is 0 Å². The molecule has 1 aliphatic carbocycles. The van der Waals surface area contributed by atoms with Gasteiger partial charge < -0.3 is 14.5 Å². The summed E-state index contributed by atoms with van der Waals surface area (Å²) in [6.45, 7) is 0.397. The third-order valence-electron chi connectivity index (χ3n) is 7.42. The van der Waals surface area contributed by atoms with Crippen LogP contribution in [0.25, 0.3) is 0 Å². The molecule has 8 nitrogen and oxygen atoms in total. The third kappa shape index (κ3) is 4.88. The van der Waals surface area contributed by atoms with Crippen LogP contribution in [-0.2, 0) is 20.5 Å². The molecular weight excluding hydrogens is 513 g/mol. The van der Waals surface area contributed by atoms with E-state index in [1.807, 2.05) is 6.07 Å². The maximum atomic E-state index is 14.1. The summed E-state index contributed by atoms with van der Waals surface area (Å²) in [5.41, 5.74) is 0.525. The van der Waals surface area contributed by atoms with Gasteiger partial charge in [0.25, 0.3) is 0 Å². The Bertz CT molecular complexity index is 1400. The van der Waals surface area contributed by atoms with E-state index in [1.165, 1.54) is 17.0 Å². The topological polar surface area (TPSA) is 93.9 Å². The highest BCUT2D eigenvalue weighted by Crippen LogP contribution is 2.45. The number of alkyl halides is 3. The van der Waals surface area contributed by atoms with Gasteiger partial charge in [0.05, 0.1) is 35.0 Å². The van der Waals surface area contributed by atoms with E-state index in [2.05, 4.69) is 0 Å². The first kappa shape index (κ1) is 26.4. The zero-order chi connectivity index (χ0) is 27.9. The summed E-state index contributed by atoms with van der Waals surface area (Å²) in [4.78, 5) is 44.6. The number of ketones is 1. The summed E-state index contributed by atoms with van der Waals surface area (Å²) < 4.78 is 45.9. The number of ether oxygens (including phenoxy) is 1. The number of carbonyl (C=O) groups is 3. The SMILES string of the molecule is COC1CCN(C(=O)CN2C(=O)N(c3cccc(C(F)(F)F)c3)C3=C(C(=O)CC3)C2c2ccc(C#N)cc2)C1. The number of nitriles is 1. The number of urea groups is 1.